The zero-order valence-corrected chi connectivity index (χ0v) is 12.5. The highest BCUT2D eigenvalue weighted by Gasteiger charge is 2.46. The summed E-state index contributed by atoms with van der Waals surface area (Å²) in [5.41, 5.74) is -0.0444. The van der Waals surface area contributed by atoms with E-state index in [0.29, 0.717) is 19.6 Å². The van der Waals surface area contributed by atoms with E-state index in [-0.39, 0.29) is 17.3 Å². The first-order valence-electron chi connectivity index (χ1n) is 7.68. The van der Waals surface area contributed by atoms with Crippen molar-refractivity contribution in [1.82, 2.24) is 0 Å². The molecular formula is C17H23FO3. The summed E-state index contributed by atoms with van der Waals surface area (Å²) in [6.45, 7) is 3.94. The van der Waals surface area contributed by atoms with Crippen molar-refractivity contribution < 1.29 is 19.0 Å². The minimum absolute atomic E-state index is 0.179. The quantitative estimate of drug-likeness (QED) is 0.931. The van der Waals surface area contributed by atoms with Gasteiger partial charge in [-0.25, -0.2) is 4.39 Å². The molecule has 0 saturated carbocycles. The molecule has 21 heavy (non-hydrogen) atoms. The van der Waals surface area contributed by atoms with Crippen LogP contribution in [0.4, 0.5) is 4.39 Å². The number of aliphatic hydroxyl groups is 1. The first-order chi connectivity index (χ1) is 9.99. The average molecular weight is 294 g/mol. The molecule has 2 aliphatic rings. The molecule has 2 saturated heterocycles. The molecule has 0 bridgehead atoms. The van der Waals surface area contributed by atoms with Gasteiger partial charge in [0, 0.05) is 26.1 Å². The second-order valence-corrected chi connectivity index (χ2v) is 6.68. The summed E-state index contributed by atoms with van der Waals surface area (Å²) in [6, 6.07) is 6.39. The fourth-order valence-electron chi connectivity index (χ4n) is 3.58. The molecule has 1 aromatic rings. The van der Waals surface area contributed by atoms with Gasteiger partial charge in [-0.1, -0.05) is 12.1 Å². The van der Waals surface area contributed by atoms with Crippen molar-refractivity contribution in [2.75, 3.05) is 19.8 Å². The Balaban J connectivity index is 1.70. The van der Waals surface area contributed by atoms with Gasteiger partial charge in [-0.2, -0.15) is 0 Å². The highest BCUT2D eigenvalue weighted by molar-refractivity contribution is 5.18. The topological polar surface area (TPSA) is 38.7 Å². The molecule has 2 fully saturated rings. The van der Waals surface area contributed by atoms with E-state index in [4.69, 9.17) is 9.47 Å². The normalized spacial score (nSPS) is 32.2. The lowest BCUT2D eigenvalue weighted by molar-refractivity contribution is -0.138. The van der Waals surface area contributed by atoms with Gasteiger partial charge in [0.2, 0.25) is 0 Å². The van der Waals surface area contributed by atoms with E-state index in [1.165, 1.54) is 12.1 Å². The van der Waals surface area contributed by atoms with E-state index < -0.39 is 5.60 Å². The molecule has 4 heteroatoms. The summed E-state index contributed by atoms with van der Waals surface area (Å²) < 4.78 is 24.4. The molecule has 3 nitrogen and oxygen atoms in total. The number of hydrogen-bond acceptors (Lipinski definition) is 3. The highest BCUT2D eigenvalue weighted by Crippen LogP contribution is 2.41. The van der Waals surface area contributed by atoms with Crippen LogP contribution in [0.5, 0.6) is 0 Å². The first-order valence-corrected chi connectivity index (χ1v) is 7.68. The molecule has 3 rings (SSSR count). The summed E-state index contributed by atoms with van der Waals surface area (Å²) in [5, 5.41) is 10.9. The SMILES string of the molecule is CC(O)(Cc1ccc(F)cc1)C1CCOC2(CCOC2)C1. The van der Waals surface area contributed by atoms with E-state index in [1.54, 1.807) is 12.1 Å². The molecular weight excluding hydrogens is 271 g/mol. The van der Waals surface area contributed by atoms with Gasteiger partial charge >= 0.3 is 0 Å². The molecule has 3 atom stereocenters. The van der Waals surface area contributed by atoms with Crippen molar-refractivity contribution in [3.05, 3.63) is 35.6 Å². The van der Waals surface area contributed by atoms with Crippen LogP contribution in [0.2, 0.25) is 0 Å². The van der Waals surface area contributed by atoms with Crippen LogP contribution in [0.25, 0.3) is 0 Å². The zero-order chi connectivity index (χ0) is 14.9. The Bertz CT molecular complexity index is 477. The third-order valence-corrected chi connectivity index (χ3v) is 4.91. The molecule has 0 aliphatic carbocycles. The summed E-state index contributed by atoms with van der Waals surface area (Å²) in [4.78, 5) is 0. The third kappa shape index (κ3) is 3.28. The Labute approximate surface area is 125 Å². The maximum atomic E-state index is 13.0. The Morgan fingerprint density at radius 2 is 2.10 bits per heavy atom. The van der Waals surface area contributed by atoms with Crippen LogP contribution < -0.4 is 0 Å². The van der Waals surface area contributed by atoms with Gasteiger partial charge in [-0.05, 0) is 43.4 Å². The molecule has 1 N–H and O–H groups in total. The fraction of sp³-hybridized carbons (Fsp3) is 0.647. The van der Waals surface area contributed by atoms with E-state index >= 15 is 0 Å². The molecule has 2 heterocycles. The Morgan fingerprint density at radius 3 is 2.76 bits per heavy atom. The Kier molecular flexibility index (Phi) is 4.04. The molecule has 116 valence electrons. The largest absolute Gasteiger partial charge is 0.390 e. The summed E-state index contributed by atoms with van der Waals surface area (Å²) in [7, 11) is 0. The van der Waals surface area contributed by atoms with Crippen molar-refractivity contribution in [2.24, 2.45) is 5.92 Å². The molecule has 0 amide bonds. The number of benzene rings is 1. The molecule has 1 spiro atoms. The van der Waals surface area contributed by atoms with Crippen LogP contribution in [-0.2, 0) is 15.9 Å². The summed E-state index contributed by atoms with van der Waals surface area (Å²) in [5.74, 6) is -0.0653. The predicted molar refractivity (Wildman–Crippen MR) is 77.6 cm³/mol. The van der Waals surface area contributed by atoms with Crippen LogP contribution in [0.3, 0.4) is 0 Å². The van der Waals surface area contributed by atoms with Crippen LogP contribution in [0.15, 0.2) is 24.3 Å². The predicted octanol–water partition coefficient (Wildman–Crippen LogP) is 2.70. The molecule has 0 radical (unpaired) electrons. The zero-order valence-electron chi connectivity index (χ0n) is 12.5. The van der Waals surface area contributed by atoms with E-state index in [0.717, 1.165) is 31.4 Å². The van der Waals surface area contributed by atoms with Gasteiger partial charge in [0.25, 0.3) is 0 Å². The lowest BCUT2D eigenvalue weighted by Gasteiger charge is -2.43. The maximum absolute atomic E-state index is 13.0. The molecule has 0 aromatic heterocycles. The minimum atomic E-state index is -0.808. The average Bonchev–Trinajstić information content (AvgIpc) is 2.89. The lowest BCUT2D eigenvalue weighted by Crippen LogP contribution is -2.48. The van der Waals surface area contributed by atoms with Gasteiger partial charge in [-0.3, -0.25) is 0 Å². The van der Waals surface area contributed by atoms with Crippen molar-refractivity contribution in [2.45, 2.75) is 43.8 Å². The van der Waals surface area contributed by atoms with Crippen LogP contribution in [0.1, 0.15) is 31.7 Å². The summed E-state index contributed by atoms with van der Waals surface area (Å²) >= 11 is 0. The second kappa shape index (κ2) is 5.67. The van der Waals surface area contributed by atoms with Crippen LogP contribution in [-0.4, -0.2) is 36.1 Å². The van der Waals surface area contributed by atoms with Gasteiger partial charge in [0.05, 0.1) is 17.8 Å². The van der Waals surface area contributed by atoms with Crippen LogP contribution in [0, 0.1) is 11.7 Å². The van der Waals surface area contributed by atoms with Crippen molar-refractivity contribution in [3.63, 3.8) is 0 Å². The van der Waals surface area contributed by atoms with Gasteiger partial charge in [0.15, 0.2) is 0 Å². The summed E-state index contributed by atoms with van der Waals surface area (Å²) in [6.07, 6.45) is 3.14. The minimum Gasteiger partial charge on any atom is -0.390 e. The van der Waals surface area contributed by atoms with Gasteiger partial charge in [0.1, 0.15) is 5.82 Å². The Hall–Kier alpha value is -0.970. The molecule has 1 aromatic carbocycles. The second-order valence-electron chi connectivity index (χ2n) is 6.68. The number of ether oxygens (including phenoxy) is 2. The monoisotopic (exact) mass is 294 g/mol. The standard InChI is InChI=1S/C17H23FO3/c1-16(19,10-13-2-4-15(18)5-3-13)14-6-8-21-17(11-14)7-9-20-12-17/h2-5,14,19H,6-12H2,1H3. The highest BCUT2D eigenvalue weighted by atomic mass is 19.1. The number of halogens is 1. The van der Waals surface area contributed by atoms with E-state index in [2.05, 4.69) is 0 Å². The van der Waals surface area contributed by atoms with Crippen molar-refractivity contribution >= 4 is 0 Å². The fourth-order valence-corrected chi connectivity index (χ4v) is 3.58. The smallest absolute Gasteiger partial charge is 0.123 e. The van der Waals surface area contributed by atoms with Crippen LogP contribution >= 0.6 is 0 Å². The Morgan fingerprint density at radius 1 is 1.33 bits per heavy atom. The maximum Gasteiger partial charge on any atom is 0.123 e. The number of rotatable bonds is 3. The van der Waals surface area contributed by atoms with Crippen molar-refractivity contribution in [1.29, 1.82) is 0 Å². The van der Waals surface area contributed by atoms with Gasteiger partial charge < -0.3 is 14.6 Å². The molecule has 2 aliphatic heterocycles. The third-order valence-electron chi connectivity index (χ3n) is 4.91. The number of hydrogen-bond donors (Lipinski definition) is 1. The van der Waals surface area contributed by atoms with Crippen molar-refractivity contribution in [3.8, 4) is 0 Å². The van der Waals surface area contributed by atoms with Gasteiger partial charge in [-0.15, -0.1) is 0 Å². The molecule has 3 unspecified atom stereocenters. The van der Waals surface area contributed by atoms with E-state index in [9.17, 15) is 9.50 Å². The first kappa shape index (κ1) is 14.9. The van der Waals surface area contributed by atoms with E-state index in [1.807, 2.05) is 6.92 Å². The lowest BCUT2D eigenvalue weighted by atomic mass is 9.74.